The van der Waals surface area contributed by atoms with Gasteiger partial charge < -0.3 is 14.6 Å². The molecule has 156 valence electrons. The number of ether oxygens (including phenoxy) is 1. The first-order chi connectivity index (χ1) is 14.3. The number of rotatable bonds is 7. The average Bonchev–Trinajstić information content (AvgIpc) is 2.71. The second kappa shape index (κ2) is 9.44. The van der Waals surface area contributed by atoms with Crippen molar-refractivity contribution in [2.75, 3.05) is 5.32 Å². The van der Waals surface area contributed by atoms with E-state index in [1.807, 2.05) is 42.5 Å². The van der Waals surface area contributed by atoms with Gasteiger partial charge in [0.1, 0.15) is 5.75 Å². The van der Waals surface area contributed by atoms with Gasteiger partial charge >= 0.3 is 0 Å². The van der Waals surface area contributed by atoms with E-state index in [9.17, 15) is 9.59 Å². The molecule has 0 fully saturated rings. The Morgan fingerprint density at radius 1 is 1.03 bits per heavy atom. The van der Waals surface area contributed by atoms with Gasteiger partial charge in [0.15, 0.2) is 6.10 Å². The molecule has 0 saturated carbocycles. The van der Waals surface area contributed by atoms with Crippen LogP contribution in [0.1, 0.15) is 43.4 Å². The summed E-state index contributed by atoms with van der Waals surface area (Å²) in [5.41, 5.74) is 4.05. The van der Waals surface area contributed by atoms with Crippen LogP contribution in [-0.4, -0.2) is 16.6 Å². The number of benzene rings is 2. The van der Waals surface area contributed by atoms with E-state index in [0.717, 1.165) is 11.1 Å². The number of hydrogen-bond donors (Lipinski definition) is 1. The van der Waals surface area contributed by atoms with Crippen molar-refractivity contribution in [2.24, 2.45) is 0 Å². The number of nitrogens with one attached hydrogen (secondary N) is 1. The summed E-state index contributed by atoms with van der Waals surface area (Å²) in [7, 11) is 0. The zero-order chi connectivity index (χ0) is 21.7. The highest BCUT2D eigenvalue weighted by Gasteiger charge is 2.16. The Kier molecular flexibility index (Phi) is 6.72. The fourth-order valence-electron chi connectivity index (χ4n) is 3.35. The van der Waals surface area contributed by atoms with Crippen LogP contribution in [0.25, 0.3) is 0 Å². The summed E-state index contributed by atoms with van der Waals surface area (Å²) in [6.07, 6.45) is 1.13. The van der Waals surface area contributed by atoms with E-state index in [1.165, 1.54) is 11.6 Å². The van der Waals surface area contributed by atoms with Gasteiger partial charge in [-0.25, -0.2) is 0 Å². The van der Waals surface area contributed by atoms with Gasteiger partial charge in [0, 0.05) is 18.0 Å². The van der Waals surface area contributed by atoms with Gasteiger partial charge in [0.25, 0.3) is 11.5 Å². The van der Waals surface area contributed by atoms with Crippen molar-refractivity contribution in [3.63, 3.8) is 0 Å². The van der Waals surface area contributed by atoms with Crippen molar-refractivity contribution >= 4 is 11.6 Å². The molecule has 1 unspecified atom stereocenters. The Balaban J connectivity index is 1.59. The lowest BCUT2D eigenvalue weighted by Gasteiger charge is -2.17. The van der Waals surface area contributed by atoms with Crippen LogP contribution in [0.15, 0.2) is 71.7 Å². The highest BCUT2D eigenvalue weighted by molar-refractivity contribution is 5.94. The summed E-state index contributed by atoms with van der Waals surface area (Å²) in [5, 5.41) is 2.88. The molecule has 0 radical (unpaired) electrons. The zero-order valence-electron chi connectivity index (χ0n) is 17.9. The maximum Gasteiger partial charge on any atom is 0.265 e. The van der Waals surface area contributed by atoms with E-state index < -0.39 is 6.10 Å². The molecule has 30 heavy (non-hydrogen) atoms. The van der Waals surface area contributed by atoms with Crippen molar-refractivity contribution in [1.82, 2.24) is 4.57 Å². The molecule has 5 nitrogen and oxygen atoms in total. The molecule has 0 saturated heterocycles. The van der Waals surface area contributed by atoms with E-state index >= 15 is 0 Å². The molecule has 1 N–H and O–H groups in total. The van der Waals surface area contributed by atoms with Crippen LogP contribution in [-0.2, 0) is 11.3 Å². The van der Waals surface area contributed by atoms with Gasteiger partial charge in [-0.3, -0.25) is 9.59 Å². The van der Waals surface area contributed by atoms with Gasteiger partial charge in [0.05, 0.1) is 6.54 Å². The third kappa shape index (κ3) is 5.38. The van der Waals surface area contributed by atoms with Crippen molar-refractivity contribution in [1.29, 1.82) is 0 Å². The first-order valence-electron chi connectivity index (χ1n) is 10.2. The quantitative estimate of drug-likeness (QED) is 0.619. The van der Waals surface area contributed by atoms with Crippen LogP contribution in [0.2, 0.25) is 0 Å². The molecule has 0 aliphatic rings. The molecule has 3 rings (SSSR count). The first kappa shape index (κ1) is 21.4. The lowest BCUT2D eigenvalue weighted by Crippen LogP contribution is -2.30. The fourth-order valence-corrected chi connectivity index (χ4v) is 3.35. The minimum Gasteiger partial charge on any atom is -0.481 e. The average molecular weight is 405 g/mol. The van der Waals surface area contributed by atoms with E-state index in [1.54, 1.807) is 23.8 Å². The van der Waals surface area contributed by atoms with E-state index in [2.05, 4.69) is 32.2 Å². The molecule has 3 aromatic rings. The summed E-state index contributed by atoms with van der Waals surface area (Å²) in [6, 6.07) is 18.5. The van der Waals surface area contributed by atoms with Crippen molar-refractivity contribution in [2.45, 2.75) is 46.3 Å². The van der Waals surface area contributed by atoms with Crippen molar-refractivity contribution in [3.8, 4) is 5.75 Å². The van der Waals surface area contributed by atoms with Crippen molar-refractivity contribution < 1.29 is 9.53 Å². The van der Waals surface area contributed by atoms with Gasteiger partial charge in [-0.15, -0.1) is 0 Å². The highest BCUT2D eigenvalue weighted by Crippen LogP contribution is 2.24. The predicted octanol–water partition coefficient (Wildman–Crippen LogP) is 4.73. The van der Waals surface area contributed by atoms with E-state index in [-0.39, 0.29) is 11.5 Å². The molecule has 1 amide bonds. The van der Waals surface area contributed by atoms with E-state index in [0.29, 0.717) is 23.9 Å². The molecule has 2 aromatic carbocycles. The minimum absolute atomic E-state index is 0.0440. The zero-order valence-corrected chi connectivity index (χ0v) is 17.9. The lowest BCUT2D eigenvalue weighted by molar-refractivity contribution is -0.122. The van der Waals surface area contributed by atoms with Crippen LogP contribution in [0.4, 0.5) is 5.69 Å². The molecule has 0 bridgehead atoms. The van der Waals surface area contributed by atoms with Crippen LogP contribution in [0.5, 0.6) is 5.75 Å². The minimum atomic E-state index is -0.628. The summed E-state index contributed by atoms with van der Waals surface area (Å²) in [6.45, 7) is 8.58. The van der Waals surface area contributed by atoms with Crippen LogP contribution < -0.4 is 15.6 Å². The molecule has 0 spiro atoms. The molecule has 0 aliphatic heterocycles. The normalized spacial score (nSPS) is 11.9. The monoisotopic (exact) mass is 404 g/mol. The Morgan fingerprint density at radius 3 is 2.40 bits per heavy atom. The van der Waals surface area contributed by atoms with Crippen LogP contribution >= 0.6 is 0 Å². The first-order valence-corrected chi connectivity index (χ1v) is 10.2. The molecular formula is C25H28N2O3. The number of aryl methyl sites for hydroxylation is 1. The van der Waals surface area contributed by atoms with Gasteiger partial charge in [0.2, 0.25) is 0 Å². The summed E-state index contributed by atoms with van der Waals surface area (Å²) in [4.78, 5) is 24.3. The number of hydrogen-bond acceptors (Lipinski definition) is 3. The summed E-state index contributed by atoms with van der Waals surface area (Å²) >= 11 is 0. The third-order valence-electron chi connectivity index (χ3n) is 5.02. The Bertz CT molecular complexity index is 1070. The Labute approximate surface area is 177 Å². The highest BCUT2D eigenvalue weighted by atomic mass is 16.5. The number of pyridine rings is 1. The standard InChI is InChI=1S/C25H28N2O3/c1-17(2)23-13-12-22(15-18(23)3)30-19(4)25(29)26-21-10-8-20(9-11-21)16-27-14-6-5-7-24(27)28/h5-15,17,19H,16H2,1-4H3,(H,26,29). The lowest BCUT2D eigenvalue weighted by atomic mass is 9.98. The van der Waals surface area contributed by atoms with Crippen LogP contribution in [0, 0.1) is 6.92 Å². The topological polar surface area (TPSA) is 60.3 Å². The molecular weight excluding hydrogens is 376 g/mol. The fraction of sp³-hybridized carbons (Fsp3) is 0.280. The predicted molar refractivity (Wildman–Crippen MR) is 120 cm³/mol. The molecule has 1 heterocycles. The number of aromatic nitrogens is 1. The number of nitrogens with zero attached hydrogens (tertiary/aromatic N) is 1. The second-order valence-electron chi connectivity index (χ2n) is 7.79. The summed E-state index contributed by atoms with van der Waals surface area (Å²) < 4.78 is 7.46. The second-order valence-corrected chi connectivity index (χ2v) is 7.79. The van der Waals surface area contributed by atoms with Gasteiger partial charge in [-0.1, -0.05) is 38.1 Å². The third-order valence-corrected chi connectivity index (χ3v) is 5.02. The SMILES string of the molecule is Cc1cc(OC(C)C(=O)Nc2ccc(Cn3ccccc3=O)cc2)ccc1C(C)C. The Morgan fingerprint density at radius 2 is 1.77 bits per heavy atom. The maximum absolute atomic E-state index is 12.5. The summed E-state index contributed by atoms with van der Waals surface area (Å²) in [5.74, 6) is 0.916. The molecule has 1 atom stereocenters. The van der Waals surface area contributed by atoms with Gasteiger partial charge in [-0.05, 0) is 66.8 Å². The number of amides is 1. The maximum atomic E-state index is 12.5. The molecule has 1 aromatic heterocycles. The van der Waals surface area contributed by atoms with Gasteiger partial charge in [-0.2, -0.15) is 0 Å². The molecule has 0 aliphatic carbocycles. The number of anilines is 1. The molecule has 5 heteroatoms. The van der Waals surface area contributed by atoms with Crippen molar-refractivity contribution in [3.05, 3.63) is 93.9 Å². The van der Waals surface area contributed by atoms with E-state index in [4.69, 9.17) is 4.74 Å². The largest absolute Gasteiger partial charge is 0.481 e. The number of carbonyl (C=O) groups is 1. The van der Waals surface area contributed by atoms with Crippen LogP contribution in [0.3, 0.4) is 0 Å². The Hall–Kier alpha value is -3.34. The smallest absolute Gasteiger partial charge is 0.265 e. The number of carbonyl (C=O) groups excluding carboxylic acids is 1.